The number of allylic oxidation sites excluding steroid dienone is 2. The molecule has 0 bridgehead atoms. The Morgan fingerprint density at radius 3 is 2.93 bits per heavy atom. The molecular weight excluding hydrogens is 362 g/mol. The number of aliphatic imine (C=N–C) groups is 1. The van der Waals surface area contributed by atoms with E-state index >= 15 is 0 Å². The molecule has 0 aliphatic heterocycles. The maximum atomic E-state index is 12.1. The first-order valence-electron chi connectivity index (χ1n) is 8.44. The maximum Gasteiger partial charge on any atom is 0.302 e. The van der Waals surface area contributed by atoms with Gasteiger partial charge in [-0.2, -0.15) is 5.26 Å². The van der Waals surface area contributed by atoms with E-state index in [1.54, 1.807) is 0 Å². The Hall–Kier alpha value is -2.98. The fourth-order valence-electron chi connectivity index (χ4n) is 2.77. The van der Waals surface area contributed by atoms with Crippen molar-refractivity contribution in [2.45, 2.75) is 26.2 Å². The quantitative estimate of drug-likeness (QED) is 0.337. The van der Waals surface area contributed by atoms with Crippen molar-refractivity contribution in [2.75, 3.05) is 11.9 Å². The first kappa shape index (κ1) is 20.3. The Kier molecular flexibility index (Phi) is 7.26. The van der Waals surface area contributed by atoms with E-state index in [-0.39, 0.29) is 17.8 Å². The number of ether oxygens (including phenoxy) is 1. The number of fused-ring (bicyclic) bond motifs is 1. The van der Waals surface area contributed by atoms with E-state index in [0.29, 0.717) is 22.7 Å². The number of nitriles is 1. The second-order valence-corrected chi connectivity index (χ2v) is 7.19. The molecule has 1 heterocycles. The predicted octanol–water partition coefficient (Wildman–Crippen LogP) is 3.55. The molecule has 1 aromatic heterocycles. The van der Waals surface area contributed by atoms with Crippen LogP contribution < -0.4 is 5.32 Å². The molecule has 0 radical (unpaired) electrons. The van der Waals surface area contributed by atoms with Gasteiger partial charge in [-0.25, -0.2) is 0 Å². The first-order chi connectivity index (χ1) is 12.9. The summed E-state index contributed by atoms with van der Waals surface area (Å²) in [5.74, 6) is -0.388. The van der Waals surface area contributed by atoms with Crippen LogP contribution in [0.5, 0.6) is 0 Å². The first-order valence-corrected chi connectivity index (χ1v) is 9.26. The Labute approximate surface area is 162 Å². The second-order valence-electron chi connectivity index (χ2n) is 6.09. The van der Waals surface area contributed by atoms with Gasteiger partial charge in [0.2, 0.25) is 5.91 Å². The van der Waals surface area contributed by atoms with E-state index in [2.05, 4.69) is 29.5 Å². The zero-order valence-corrected chi connectivity index (χ0v) is 16.0. The number of hydrogen-bond donors (Lipinski definition) is 1. The molecule has 0 spiro atoms. The van der Waals surface area contributed by atoms with Crippen LogP contribution in [0.4, 0.5) is 5.00 Å². The summed E-state index contributed by atoms with van der Waals surface area (Å²) in [6.45, 7) is 8.99. The summed E-state index contributed by atoms with van der Waals surface area (Å²) in [7, 11) is 0. The van der Waals surface area contributed by atoms with Crippen LogP contribution in [0.2, 0.25) is 0 Å². The number of anilines is 1. The van der Waals surface area contributed by atoms with Gasteiger partial charge >= 0.3 is 5.97 Å². The number of rotatable bonds is 7. The third-order valence-electron chi connectivity index (χ3n) is 4.03. The van der Waals surface area contributed by atoms with Gasteiger partial charge in [0.1, 0.15) is 11.1 Å². The smallest absolute Gasteiger partial charge is 0.302 e. The third-order valence-corrected chi connectivity index (χ3v) is 5.20. The van der Waals surface area contributed by atoms with Gasteiger partial charge in [0.15, 0.2) is 0 Å². The molecule has 140 valence electrons. The van der Waals surface area contributed by atoms with E-state index in [1.807, 2.05) is 0 Å². The summed E-state index contributed by atoms with van der Waals surface area (Å²) in [4.78, 5) is 28.0. The summed E-state index contributed by atoms with van der Waals surface area (Å²) < 4.78 is 5.10. The van der Waals surface area contributed by atoms with E-state index in [4.69, 9.17) is 4.74 Å². The average Bonchev–Trinajstić information content (AvgIpc) is 2.98. The number of esters is 1. The average molecular weight is 383 g/mol. The van der Waals surface area contributed by atoms with E-state index in [9.17, 15) is 14.9 Å². The summed E-state index contributed by atoms with van der Waals surface area (Å²) in [6, 6.07) is 2.20. The molecule has 1 aromatic rings. The summed E-state index contributed by atoms with van der Waals surface area (Å²) in [5, 5.41) is 12.8. The second kappa shape index (κ2) is 9.64. The molecule has 1 atom stereocenters. The van der Waals surface area contributed by atoms with Crippen LogP contribution in [0, 0.1) is 17.2 Å². The fourth-order valence-corrected chi connectivity index (χ4v) is 4.08. The molecule has 6 nitrogen and oxygen atoms in total. The van der Waals surface area contributed by atoms with E-state index in [0.717, 1.165) is 29.7 Å². The SMILES string of the molecule is C=CN=CC(=C)/C=C/C(=O)Nc1sc2c(c1C#N)CCC(COC(C)=O)C2. The largest absolute Gasteiger partial charge is 0.466 e. The van der Waals surface area contributed by atoms with Crippen LogP contribution in [0.15, 0.2) is 42.1 Å². The fraction of sp³-hybridized carbons (Fsp3) is 0.300. The van der Waals surface area contributed by atoms with Gasteiger partial charge in [-0.05, 0) is 42.4 Å². The zero-order valence-electron chi connectivity index (χ0n) is 15.2. The van der Waals surface area contributed by atoms with Gasteiger partial charge in [-0.1, -0.05) is 13.2 Å². The molecule has 0 saturated heterocycles. The minimum atomic E-state index is -0.338. The van der Waals surface area contributed by atoms with Crippen LogP contribution >= 0.6 is 11.3 Å². The minimum absolute atomic E-state index is 0.238. The van der Waals surface area contributed by atoms with Crippen molar-refractivity contribution in [1.29, 1.82) is 5.26 Å². The van der Waals surface area contributed by atoms with Crippen molar-refractivity contribution in [2.24, 2.45) is 10.9 Å². The molecule has 1 aliphatic carbocycles. The number of hydrogen-bond acceptors (Lipinski definition) is 6. The summed E-state index contributed by atoms with van der Waals surface area (Å²) >= 11 is 1.41. The molecule has 1 aliphatic rings. The van der Waals surface area contributed by atoms with Crippen LogP contribution in [-0.2, 0) is 27.2 Å². The van der Waals surface area contributed by atoms with E-state index < -0.39 is 0 Å². The number of carbonyl (C=O) groups excluding carboxylic acids is 2. The molecule has 27 heavy (non-hydrogen) atoms. The Morgan fingerprint density at radius 1 is 1.48 bits per heavy atom. The van der Waals surface area contributed by atoms with Crippen molar-refractivity contribution >= 4 is 34.4 Å². The van der Waals surface area contributed by atoms with Crippen molar-refractivity contribution in [1.82, 2.24) is 0 Å². The van der Waals surface area contributed by atoms with Crippen LogP contribution in [0.1, 0.15) is 29.3 Å². The molecule has 0 saturated carbocycles. The predicted molar refractivity (Wildman–Crippen MR) is 107 cm³/mol. The van der Waals surface area contributed by atoms with Crippen molar-refractivity contribution in [3.63, 3.8) is 0 Å². The molecule has 7 heteroatoms. The molecule has 2 rings (SSSR count). The number of thiophene rings is 1. The lowest BCUT2D eigenvalue weighted by molar-refractivity contribution is -0.142. The van der Waals surface area contributed by atoms with Crippen molar-refractivity contribution < 1.29 is 14.3 Å². The highest BCUT2D eigenvalue weighted by molar-refractivity contribution is 7.16. The lowest BCUT2D eigenvalue weighted by atomic mass is 9.88. The van der Waals surface area contributed by atoms with E-state index in [1.165, 1.54) is 42.8 Å². The molecule has 1 N–H and O–H groups in total. The Bertz CT molecular complexity index is 859. The molecular formula is C20H21N3O3S. The maximum absolute atomic E-state index is 12.1. The lowest BCUT2D eigenvalue weighted by Crippen LogP contribution is -2.19. The number of amides is 1. The number of nitrogens with one attached hydrogen (secondary N) is 1. The van der Waals surface area contributed by atoms with Crippen LogP contribution in [-0.4, -0.2) is 24.7 Å². The molecule has 1 amide bonds. The molecule has 1 unspecified atom stereocenters. The summed E-state index contributed by atoms with van der Waals surface area (Å²) in [5.41, 5.74) is 2.07. The topological polar surface area (TPSA) is 91.6 Å². The van der Waals surface area contributed by atoms with Gasteiger partial charge in [-0.3, -0.25) is 14.6 Å². The van der Waals surface area contributed by atoms with Crippen LogP contribution in [0.25, 0.3) is 0 Å². The standard InChI is InChI=1S/C20H21N3O3S/c1-4-22-11-13(2)5-8-19(25)23-20-17(10-21)16-7-6-15(9-18(16)27-20)12-26-14(3)24/h4-5,8,11,15H,1-2,6-7,9,12H2,3H3,(H,23,25)/b8-5+,22-11?. The van der Waals surface area contributed by atoms with Crippen LogP contribution in [0.3, 0.4) is 0 Å². The van der Waals surface area contributed by atoms with Gasteiger partial charge in [0, 0.05) is 30.3 Å². The molecule has 0 aromatic carbocycles. The monoisotopic (exact) mass is 383 g/mol. The van der Waals surface area contributed by atoms with Gasteiger partial charge in [-0.15, -0.1) is 11.3 Å². The normalized spacial score (nSPS) is 15.9. The Balaban J connectivity index is 2.07. The zero-order chi connectivity index (χ0) is 19.8. The van der Waals surface area contributed by atoms with Gasteiger partial charge in [0.05, 0.1) is 12.2 Å². The van der Waals surface area contributed by atoms with Crippen molar-refractivity contribution in [3.05, 3.63) is 53.1 Å². The highest BCUT2D eigenvalue weighted by Gasteiger charge is 2.26. The highest BCUT2D eigenvalue weighted by Crippen LogP contribution is 2.39. The number of carbonyl (C=O) groups is 2. The molecule has 0 fully saturated rings. The highest BCUT2D eigenvalue weighted by atomic mass is 32.1. The summed E-state index contributed by atoms with van der Waals surface area (Å²) in [6.07, 6.45) is 8.08. The van der Waals surface area contributed by atoms with Gasteiger partial charge < -0.3 is 10.1 Å². The lowest BCUT2D eigenvalue weighted by Gasteiger charge is -2.21. The third kappa shape index (κ3) is 5.76. The number of nitrogens with zero attached hydrogens (tertiary/aromatic N) is 2. The minimum Gasteiger partial charge on any atom is -0.466 e. The van der Waals surface area contributed by atoms with Gasteiger partial charge in [0.25, 0.3) is 0 Å². The Morgan fingerprint density at radius 2 is 2.26 bits per heavy atom. The van der Waals surface area contributed by atoms with Crippen molar-refractivity contribution in [3.8, 4) is 6.07 Å².